The highest BCUT2D eigenvalue weighted by atomic mass is 16.6. The van der Waals surface area contributed by atoms with E-state index in [4.69, 9.17) is 13.7 Å². The molecule has 0 saturated heterocycles. The van der Waals surface area contributed by atoms with E-state index >= 15 is 0 Å². The normalized spacial score (nSPS) is 23.3. The number of hydrogen-bond donors (Lipinski definition) is 1. The van der Waals surface area contributed by atoms with Crippen molar-refractivity contribution in [1.29, 1.82) is 0 Å². The van der Waals surface area contributed by atoms with Gasteiger partial charge in [0.15, 0.2) is 16.9 Å². The number of allylic oxidation sites excluding steroid dienone is 1. The minimum absolute atomic E-state index is 0.206. The van der Waals surface area contributed by atoms with Gasteiger partial charge in [0.1, 0.15) is 11.8 Å². The third-order valence-electron chi connectivity index (χ3n) is 4.83. The second-order valence-electron chi connectivity index (χ2n) is 6.41. The highest BCUT2D eigenvalue weighted by molar-refractivity contribution is 6.04. The lowest BCUT2D eigenvalue weighted by atomic mass is 9.70. The van der Waals surface area contributed by atoms with E-state index in [0.717, 1.165) is 5.39 Å². The van der Waals surface area contributed by atoms with Gasteiger partial charge in [0.05, 0.1) is 11.6 Å². The quantitative estimate of drug-likeness (QED) is 0.567. The van der Waals surface area contributed by atoms with Crippen molar-refractivity contribution in [2.24, 2.45) is 5.41 Å². The van der Waals surface area contributed by atoms with Crippen molar-refractivity contribution < 1.29 is 28.4 Å². The molecule has 132 valence electrons. The zero-order valence-electron chi connectivity index (χ0n) is 14.1. The highest BCUT2D eigenvalue weighted by Gasteiger charge is 2.56. The summed E-state index contributed by atoms with van der Waals surface area (Å²) in [6, 6.07) is 10.7. The fraction of sp³-hybridized carbons (Fsp3) is 0.211. The van der Waals surface area contributed by atoms with Gasteiger partial charge in [-0.2, -0.15) is 0 Å². The number of carboxylic acid groups (broad SMARTS) is 1. The van der Waals surface area contributed by atoms with Crippen LogP contribution in [-0.2, 0) is 14.3 Å². The van der Waals surface area contributed by atoms with Crippen LogP contribution >= 0.6 is 0 Å². The molecule has 0 bridgehead atoms. The van der Waals surface area contributed by atoms with Crippen LogP contribution in [-0.4, -0.2) is 22.2 Å². The summed E-state index contributed by atoms with van der Waals surface area (Å²) in [7, 11) is 0. The Hall–Kier alpha value is -3.35. The molecule has 4 rings (SSSR count). The van der Waals surface area contributed by atoms with E-state index in [9.17, 15) is 14.7 Å². The molecule has 1 aliphatic heterocycles. The Bertz CT molecular complexity index is 1010. The first-order valence-electron chi connectivity index (χ1n) is 7.98. The molecule has 7 heteroatoms. The smallest absolute Gasteiger partial charge is 0.329 e. The Morgan fingerprint density at radius 2 is 2.04 bits per heavy atom. The largest absolute Gasteiger partial charge is 0.480 e. The molecule has 1 aliphatic rings. The number of furan rings is 1. The number of cyclic esters (lactones) is 1. The number of carbonyl (C=O) groups is 2. The van der Waals surface area contributed by atoms with Gasteiger partial charge >= 0.3 is 11.9 Å². The fourth-order valence-corrected chi connectivity index (χ4v) is 3.40. The van der Waals surface area contributed by atoms with Crippen LogP contribution in [0.4, 0.5) is 0 Å². The van der Waals surface area contributed by atoms with E-state index < -0.39 is 23.3 Å². The molecular formula is C19H15NO6. The Balaban J connectivity index is 1.93. The molecule has 0 aliphatic carbocycles. The van der Waals surface area contributed by atoms with Gasteiger partial charge in [0, 0.05) is 11.5 Å². The number of aromatic nitrogens is 1. The summed E-state index contributed by atoms with van der Waals surface area (Å²) >= 11 is 0. The topological polar surface area (TPSA) is 103 Å². The molecular weight excluding hydrogens is 338 g/mol. The number of aliphatic carboxylic acids is 1. The number of fused-ring (bicyclic) bond motifs is 1. The van der Waals surface area contributed by atoms with Gasteiger partial charge in [-0.05, 0) is 31.6 Å². The Morgan fingerprint density at radius 1 is 1.27 bits per heavy atom. The number of hydrogen-bond acceptors (Lipinski definition) is 6. The van der Waals surface area contributed by atoms with Crippen molar-refractivity contribution in [3.8, 4) is 0 Å². The Kier molecular flexibility index (Phi) is 3.47. The number of nitrogens with zero attached hydrogens (tertiary/aromatic N) is 1. The molecule has 3 heterocycles. The molecule has 0 fully saturated rings. The lowest BCUT2D eigenvalue weighted by Crippen LogP contribution is -2.46. The minimum Gasteiger partial charge on any atom is -0.480 e. The summed E-state index contributed by atoms with van der Waals surface area (Å²) < 4.78 is 16.1. The second-order valence-corrected chi connectivity index (χ2v) is 6.41. The first-order chi connectivity index (χ1) is 12.4. The summed E-state index contributed by atoms with van der Waals surface area (Å²) in [6.07, 6.45) is 1.34. The van der Waals surface area contributed by atoms with Gasteiger partial charge in [-0.1, -0.05) is 23.4 Å². The summed E-state index contributed by atoms with van der Waals surface area (Å²) in [5.41, 5.74) is -0.306. The molecule has 0 radical (unpaired) electrons. The molecule has 0 saturated carbocycles. The van der Waals surface area contributed by atoms with E-state index in [2.05, 4.69) is 5.16 Å². The number of carbonyl (C=O) groups excluding carboxylic acids is 1. The third-order valence-corrected chi connectivity index (χ3v) is 4.83. The van der Waals surface area contributed by atoms with Crippen LogP contribution in [0.15, 0.2) is 57.2 Å². The maximum Gasteiger partial charge on any atom is 0.329 e. The average Bonchev–Trinajstić information content (AvgIpc) is 3.27. The monoisotopic (exact) mass is 353 g/mol. The highest BCUT2D eigenvalue weighted by Crippen LogP contribution is 2.49. The Morgan fingerprint density at radius 3 is 2.69 bits per heavy atom. The van der Waals surface area contributed by atoms with Crippen molar-refractivity contribution in [2.45, 2.75) is 19.8 Å². The van der Waals surface area contributed by atoms with Crippen LogP contribution < -0.4 is 0 Å². The summed E-state index contributed by atoms with van der Waals surface area (Å²) in [5, 5.41) is 14.4. The predicted octanol–water partition coefficient (Wildman–Crippen LogP) is 3.58. The Labute approximate surface area is 147 Å². The molecule has 2 aromatic heterocycles. The van der Waals surface area contributed by atoms with Crippen molar-refractivity contribution >= 4 is 28.7 Å². The van der Waals surface area contributed by atoms with Crippen molar-refractivity contribution in [3.63, 3.8) is 0 Å². The van der Waals surface area contributed by atoms with Gasteiger partial charge in [0.25, 0.3) is 0 Å². The SMILES string of the molecule is CC1=C(c2cc3ccccc3o2)OC(=O)C(C)(C(=O)O)C1c1ccon1. The number of benzene rings is 1. The van der Waals surface area contributed by atoms with Gasteiger partial charge in [-0.25, -0.2) is 0 Å². The molecule has 2 unspecified atom stereocenters. The van der Waals surface area contributed by atoms with E-state index in [1.54, 1.807) is 25.1 Å². The molecule has 1 aromatic carbocycles. The lowest BCUT2D eigenvalue weighted by molar-refractivity contribution is -0.165. The lowest BCUT2D eigenvalue weighted by Gasteiger charge is -2.35. The molecule has 3 aromatic rings. The first-order valence-corrected chi connectivity index (χ1v) is 7.98. The third kappa shape index (κ3) is 2.17. The first kappa shape index (κ1) is 16.1. The maximum atomic E-state index is 12.7. The van der Waals surface area contributed by atoms with Crippen molar-refractivity contribution in [1.82, 2.24) is 5.16 Å². The second kappa shape index (κ2) is 5.59. The zero-order valence-corrected chi connectivity index (χ0v) is 14.1. The summed E-state index contributed by atoms with van der Waals surface area (Å²) in [4.78, 5) is 24.6. The predicted molar refractivity (Wildman–Crippen MR) is 89.9 cm³/mol. The molecule has 26 heavy (non-hydrogen) atoms. The van der Waals surface area contributed by atoms with Gasteiger partial charge in [-0.3, -0.25) is 9.59 Å². The molecule has 7 nitrogen and oxygen atoms in total. The van der Waals surface area contributed by atoms with Gasteiger partial charge < -0.3 is 18.8 Å². The average molecular weight is 353 g/mol. The molecule has 0 spiro atoms. The standard InChI is InChI=1S/C19H15NO6/c1-10-15(12-7-8-24-20-12)19(2,17(21)22)18(23)26-16(10)14-9-11-5-3-4-6-13(11)25-14/h3-9,15H,1-2H3,(H,21,22). The zero-order chi connectivity index (χ0) is 18.5. The fourth-order valence-electron chi connectivity index (χ4n) is 3.40. The number of rotatable bonds is 3. The minimum atomic E-state index is -1.82. The number of para-hydroxylation sites is 1. The van der Waals surface area contributed by atoms with E-state index in [1.807, 2.05) is 18.2 Å². The van der Waals surface area contributed by atoms with E-state index in [0.29, 0.717) is 22.6 Å². The van der Waals surface area contributed by atoms with Crippen molar-refractivity contribution in [3.05, 3.63) is 59.7 Å². The van der Waals surface area contributed by atoms with Crippen LogP contribution in [0.2, 0.25) is 0 Å². The van der Waals surface area contributed by atoms with Gasteiger partial charge in [0.2, 0.25) is 0 Å². The molecule has 2 atom stereocenters. The summed E-state index contributed by atoms with van der Waals surface area (Å²) in [6.45, 7) is 3.03. The summed E-state index contributed by atoms with van der Waals surface area (Å²) in [5.74, 6) is -2.45. The van der Waals surface area contributed by atoms with Crippen molar-refractivity contribution in [2.75, 3.05) is 0 Å². The maximum absolute atomic E-state index is 12.7. The number of carboxylic acids is 1. The van der Waals surface area contributed by atoms with E-state index in [1.165, 1.54) is 13.2 Å². The van der Waals surface area contributed by atoms with Gasteiger partial charge in [-0.15, -0.1) is 0 Å². The number of esters is 1. The van der Waals surface area contributed by atoms with Crippen LogP contribution in [0.1, 0.15) is 31.2 Å². The molecule has 1 N–H and O–H groups in total. The molecule has 0 amide bonds. The van der Waals surface area contributed by atoms with Crippen LogP contribution in [0, 0.1) is 5.41 Å². The van der Waals surface area contributed by atoms with E-state index in [-0.39, 0.29) is 5.76 Å². The van der Waals surface area contributed by atoms with Crippen LogP contribution in [0.5, 0.6) is 0 Å². The van der Waals surface area contributed by atoms with Crippen LogP contribution in [0.25, 0.3) is 16.7 Å². The number of ether oxygens (including phenoxy) is 1. The van der Waals surface area contributed by atoms with Crippen LogP contribution in [0.3, 0.4) is 0 Å².